The first kappa shape index (κ1) is 40.0. The molecule has 0 aliphatic heterocycles. The number of amides is 2. The lowest BCUT2D eigenvalue weighted by molar-refractivity contribution is -0.113. The summed E-state index contributed by atoms with van der Waals surface area (Å²) in [6, 6.07) is 13.6. The Morgan fingerprint density at radius 1 is 0.981 bits per heavy atom. The summed E-state index contributed by atoms with van der Waals surface area (Å²) in [6.07, 6.45) is 4.36. The van der Waals surface area contributed by atoms with E-state index in [1.54, 1.807) is 6.20 Å². The molecule has 14 nitrogen and oxygen atoms in total. The summed E-state index contributed by atoms with van der Waals surface area (Å²) in [5.41, 5.74) is 2.82. The summed E-state index contributed by atoms with van der Waals surface area (Å²) in [6.45, 7) is -1.13. The Morgan fingerprint density at radius 3 is 2.41 bits per heavy atom. The number of hydrogen-bond acceptors (Lipinski definition) is 11. The standard InChI is InChI=1S/C38H47ClN4O10S/c39-31-12-11-27(54(50,51)42-18-23-5-7-25(8-6-23)43-37(49)41-20-32(45)35(47)36(48)33(46)21-44)17-24(31)22-52-38(14-15-38)30-19-40-16-13-28(30)29-3-1-2-4-34(29)53-26-9-10-26/h1-4,11-13,16-19,23,25-26,32-33,35-36,44-48H,5-10,14-15,20-22H2,(H2,41,43,49)/b42-18+/t23?,25?,32-,33+,35+,36+/m0/s1. The van der Waals surface area contributed by atoms with Crippen molar-refractivity contribution in [2.24, 2.45) is 10.3 Å². The first-order chi connectivity index (χ1) is 25.9. The number of carbonyl (C=O) groups excluding carboxylic acids is 1. The number of halogens is 1. The molecular formula is C38H47ClN4O10S. The van der Waals surface area contributed by atoms with Crippen LogP contribution in [0.4, 0.5) is 4.79 Å². The van der Waals surface area contributed by atoms with Gasteiger partial charge < -0.3 is 45.6 Å². The minimum absolute atomic E-state index is 0.00228. The van der Waals surface area contributed by atoms with Gasteiger partial charge in [0.1, 0.15) is 24.1 Å². The third-order valence-electron chi connectivity index (χ3n) is 10.1. The summed E-state index contributed by atoms with van der Waals surface area (Å²) < 4.78 is 43.4. The number of para-hydroxylation sites is 1. The lowest BCUT2D eigenvalue weighted by Gasteiger charge is -2.28. The topological polar surface area (TPSA) is 220 Å². The minimum Gasteiger partial charge on any atom is -0.490 e. The Balaban J connectivity index is 1.02. The highest BCUT2D eigenvalue weighted by Gasteiger charge is 2.48. The van der Waals surface area contributed by atoms with Crippen molar-refractivity contribution in [3.05, 3.63) is 77.1 Å². The molecule has 1 heterocycles. The molecule has 4 atom stereocenters. The number of ether oxygens (including phenoxy) is 2. The largest absolute Gasteiger partial charge is 0.490 e. The van der Waals surface area contributed by atoms with Gasteiger partial charge in [-0.25, -0.2) is 4.79 Å². The van der Waals surface area contributed by atoms with Crippen LogP contribution < -0.4 is 15.4 Å². The van der Waals surface area contributed by atoms with Crippen molar-refractivity contribution in [2.45, 2.75) is 105 Å². The molecule has 3 saturated carbocycles. The molecule has 0 bridgehead atoms. The van der Waals surface area contributed by atoms with Gasteiger partial charge in [-0.3, -0.25) is 4.98 Å². The molecule has 3 aliphatic carbocycles. The second-order valence-corrected chi connectivity index (χ2v) is 16.3. The fraction of sp³-hybridized carbons (Fsp3) is 0.500. The Kier molecular flexibility index (Phi) is 12.9. The van der Waals surface area contributed by atoms with E-state index in [0.29, 0.717) is 36.3 Å². The van der Waals surface area contributed by atoms with Gasteiger partial charge in [0.15, 0.2) is 0 Å². The summed E-state index contributed by atoms with van der Waals surface area (Å²) in [7, 11) is -4.05. The summed E-state index contributed by atoms with van der Waals surface area (Å²) in [5.74, 6) is 0.695. The third kappa shape index (κ3) is 9.95. The number of benzene rings is 2. The van der Waals surface area contributed by atoms with E-state index >= 15 is 0 Å². The van der Waals surface area contributed by atoms with E-state index in [-0.39, 0.29) is 29.6 Å². The highest BCUT2D eigenvalue weighted by atomic mass is 35.5. The van der Waals surface area contributed by atoms with Crippen molar-refractivity contribution in [1.82, 2.24) is 15.6 Å². The molecule has 3 aromatic rings. The molecular weight excluding hydrogens is 740 g/mol. The van der Waals surface area contributed by atoms with Crippen molar-refractivity contribution >= 4 is 33.9 Å². The van der Waals surface area contributed by atoms with Crippen LogP contribution in [0.15, 0.2) is 70.2 Å². The van der Waals surface area contributed by atoms with Gasteiger partial charge in [-0.15, -0.1) is 0 Å². The first-order valence-corrected chi connectivity index (χ1v) is 20.0. The Labute approximate surface area is 319 Å². The number of urea groups is 1. The summed E-state index contributed by atoms with van der Waals surface area (Å²) >= 11 is 6.54. The molecule has 16 heteroatoms. The van der Waals surface area contributed by atoms with Crippen LogP contribution in [-0.4, -0.2) is 101 Å². The second kappa shape index (κ2) is 17.4. The predicted molar refractivity (Wildman–Crippen MR) is 200 cm³/mol. The number of pyridine rings is 1. The normalized spacial score (nSPS) is 21.9. The monoisotopic (exact) mass is 786 g/mol. The lowest BCUT2D eigenvalue weighted by Crippen LogP contribution is -2.51. The van der Waals surface area contributed by atoms with Crippen LogP contribution in [0.25, 0.3) is 11.1 Å². The number of nitrogens with zero attached hydrogens (tertiary/aromatic N) is 2. The second-order valence-electron chi connectivity index (χ2n) is 14.3. The molecule has 0 saturated heterocycles. The van der Waals surface area contributed by atoms with Crippen LogP contribution in [0.1, 0.15) is 62.5 Å². The number of carbonyl (C=O) groups is 1. The predicted octanol–water partition coefficient (Wildman–Crippen LogP) is 3.20. The van der Waals surface area contributed by atoms with E-state index in [0.717, 1.165) is 48.1 Å². The summed E-state index contributed by atoms with van der Waals surface area (Å²) in [5, 5.41) is 53.5. The molecule has 3 aliphatic rings. The van der Waals surface area contributed by atoms with Crippen LogP contribution in [0.2, 0.25) is 5.02 Å². The summed E-state index contributed by atoms with van der Waals surface area (Å²) in [4.78, 5) is 16.7. The molecule has 7 N–H and O–H groups in total. The van der Waals surface area contributed by atoms with Crippen LogP contribution in [0.3, 0.4) is 0 Å². The maximum atomic E-state index is 13.3. The van der Waals surface area contributed by atoms with Crippen LogP contribution >= 0.6 is 11.6 Å². The zero-order chi connectivity index (χ0) is 38.5. The van der Waals surface area contributed by atoms with Gasteiger partial charge in [0.05, 0.1) is 35.9 Å². The number of rotatable bonds is 17. The van der Waals surface area contributed by atoms with E-state index in [4.69, 9.17) is 26.2 Å². The first-order valence-electron chi connectivity index (χ1n) is 18.2. The molecule has 2 aromatic carbocycles. The van der Waals surface area contributed by atoms with Gasteiger partial charge in [0, 0.05) is 47.3 Å². The molecule has 292 valence electrons. The van der Waals surface area contributed by atoms with E-state index < -0.39 is 59.2 Å². The van der Waals surface area contributed by atoms with E-state index in [2.05, 4.69) is 20.0 Å². The highest BCUT2D eigenvalue weighted by Crippen LogP contribution is 2.53. The van der Waals surface area contributed by atoms with Crippen LogP contribution in [0.5, 0.6) is 5.75 Å². The van der Waals surface area contributed by atoms with Gasteiger partial charge in [-0.05, 0) is 98.7 Å². The zero-order valence-corrected chi connectivity index (χ0v) is 31.2. The fourth-order valence-electron chi connectivity index (χ4n) is 6.55. The SMILES string of the molecule is O=C(NC[C@H](O)[C@@H](O)[C@H](O)[C@H](O)CO)NC1CCC(/C=N/S(=O)(=O)c2ccc(Cl)c(COC3(c4cnccc4-c4ccccc4OC4CC4)CC3)c2)CC1. The van der Waals surface area contributed by atoms with E-state index in [9.17, 15) is 33.6 Å². The average molecular weight is 787 g/mol. The highest BCUT2D eigenvalue weighted by molar-refractivity contribution is 7.90. The quantitative estimate of drug-likeness (QED) is 0.0986. The minimum atomic E-state index is -4.05. The molecule has 3 fully saturated rings. The number of sulfonamides is 1. The molecule has 1 aromatic heterocycles. The average Bonchev–Trinajstić information content (AvgIpc) is 4.13. The Hall–Kier alpha value is -3.67. The van der Waals surface area contributed by atoms with Crippen LogP contribution in [-0.2, 0) is 27.0 Å². The van der Waals surface area contributed by atoms with Gasteiger partial charge in [-0.1, -0.05) is 29.8 Å². The number of aliphatic hydroxyl groups is 5. The Bertz CT molecular complexity index is 1900. The molecule has 0 spiro atoms. The Morgan fingerprint density at radius 2 is 1.70 bits per heavy atom. The van der Waals surface area contributed by atoms with Crippen LogP contribution in [0, 0.1) is 5.92 Å². The number of hydrogen-bond donors (Lipinski definition) is 7. The van der Waals surface area contributed by atoms with Gasteiger partial charge in [0.2, 0.25) is 0 Å². The molecule has 0 unspecified atom stereocenters. The molecule has 6 rings (SSSR count). The van der Waals surface area contributed by atoms with E-state index in [1.807, 2.05) is 36.5 Å². The number of nitrogens with one attached hydrogen (secondary N) is 2. The number of aliphatic hydroxyl groups excluding tert-OH is 5. The maximum absolute atomic E-state index is 13.3. The van der Waals surface area contributed by atoms with Gasteiger partial charge in [0.25, 0.3) is 10.0 Å². The van der Waals surface area contributed by atoms with Crippen molar-refractivity contribution in [3.8, 4) is 16.9 Å². The van der Waals surface area contributed by atoms with Crippen molar-refractivity contribution in [2.75, 3.05) is 13.2 Å². The van der Waals surface area contributed by atoms with E-state index in [1.165, 1.54) is 24.4 Å². The smallest absolute Gasteiger partial charge is 0.315 e. The molecule has 0 radical (unpaired) electrons. The van der Waals surface area contributed by atoms with Crippen molar-refractivity contribution in [3.63, 3.8) is 0 Å². The zero-order valence-electron chi connectivity index (χ0n) is 29.6. The van der Waals surface area contributed by atoms with Gasteiger partial charge in [-0.2, -0.15) is 12.8 Å². The molecule has 54 heavy (non-hydrogen) atoms. The van der Waals surface area contributed by atoms with Crippen molar-refractivity contribution in [1.29, 1.82) is 0 Å². The molecule has 2 amide bonds. The van der Waals surface area contributed by atoms with Gasteiger partial charge >= 0.3 is 6.03 Å². The number of aromatic nitrogens is 1. The lowest BCUT2D eigenvalue weighted by atomic mass is 9.87. The third-order valence-corrected chi connectivity index (χ3v) is 11.8. The van der Waals surface area contributed by atoms with Crippen molar-refractivity contribution < 1.29 is 48.2 Å². The maximum Gasteiger partial charge on any atom is 0.315 e. The fourth-order valence-corrected chi connectivity index (χ4v) is 7.71.